The molecule has 166 valence electrons. The molecule has 0 aliphatic carbocycles. The van der Waals surface area contributed by atoms with Crippen molar-refractivity contribution in [3.63, 3.8) is 0 Å². The minimum atomic E-state index is -0.0497. The van der Waals surface area contributed by atoms with E-state index in [0.717, 1.165) is 36.8 Å². The molecule has 1 amide bonds. The van der Waals surface area contributed by atoms with Crippen LogP contribution in [-0.2, 0) is 13.0 Å². The van der Waals surface area contributed by atoms with Crippen molar-refractivity contribution < 1.29 is 4.79 Å². The van der Waals surface area contributed by atoms with Crippen LogP contribution in [0.5, 0.6) is 0 Å². The number of rotatable bonds is 7. The second kappa shape index (κ2) is 10.6. The summed E-state index contributed by atoms with van der Waals surface area (Å²) in [6, 6.07) is 27.0. The lowest BCUT2D eigenvalue weighted by molar-refractivity contribution is 0.102. The van der Waals surface area contributed by atoms with Crippen molar-refractivity contribution in [2.75, 3.05) is 18.4 Å². The van der Waals surface area contributed by atoms with Crippen molar-refractivity contribution in [3.05, 3.63) is 101 Å². The van der Waals surface area contributed by atoms with E-state index >= 15 is 0 Å². The van der Waals surface area contributed by atoms with E-state index in [2.05, 4.69) is 72.6 Å². The van der Waals surface area contributed by atoms with Gasteiger partial charge in [-0.25, -0.2) is 0 Å². The van der Waals surface area contributed by atoms with E-state index in [1.54, 1.807) is 0 Å². The third-order valence-corrected chi connectivity index (χ3v) is 6.53. The molecule has 1 fully saturated rings. The first-order valence-corrected chi connectivity index (χ1v) is 11.8. The zero-order valence-electron chi connectivity index (χ0n) is 19.3. The Kier molecular flexibility index (Phi) is 7.39. The van der Waals surface area contributed by atoms with Crippen molar-refractivity contribution in [2.45, 2.75) is 45.6 Å². The molecule has 3 heteroatoms. The van der Waals surface area contributed by atoms with Gasteiger partial charge in [-0.2, -0.15) is 0 Å². The van der Waals surface area contributed by atoms with Crippen LogP contribution in [0.1, 0.15) is 59.7 Å². The minimum Gasteiger partial charge on any atom is -0.322 e. The number of likely N-dealkylation sites (tertiary alicyclic amines) is 1. The lowest BCUT2D eigenvalue weighted by Gasteiger charge is -2.32. The first kappa shape index (κ1) is 22.3. The molecule has 4 rings (SSSR count). The molecule has 0 spiro atoms. The van der Waals surface area contributed by atoms with Gasteiger partial charge in [0.05, 0.1) is 0 Å². The monoisotopic (exact) mass is 426 g/mol. The van der Waals surface area contributed by atoms with Gasteiger partial charge in [0.25, 0.3) is 5.91 Å². The summed E-state index contributed by atoms with van der Waals surface area (Å²) >= 11 is 0. The Morgan fingerprint density at radius 3 is 2.22 bits per heavy atom. The fraction of sp³-hybridized carbons (Fsp3) is 0.345. The number of para-hydroxylation sites is 1. The maximum atomic E-state index is 12.8. The van der Waals surface area contributed by atoms with Gasteiger partial charge in [-0.1, -0.05) is 74.5 Å². The molecule has 1 aliphatic heterocycles. The molecule has 0 unspecified atom stereocenters. The van der Waals surface area contributed by atoms with E-state index in [-0.39, 0.29) is 5.91 Å². The largest absolute Gasteiger partial charge is 0.322 e. The second-order valence-electron chi connectivity index (χ2n) is 9.30. The Morgan fingerprint density at radius 2 is 1.53 bits per heavy atom. The summed E-state index contributed by atoms with van der Waals surface area (Å²) in [7, 11) is 0. The number of amides is 1. The molecule has 0 aromatic heterocycles. The van der Waals surface area contributed by atoms with E-state index in [1.165, 1.54) is 30.4 Å². The van der Waals surface area contributed by atoms with Gasteiger partial charge in [0, 0.05) is 17.8 Å². The van der Waals surface area contributed by atoms with Crippen LogP contribution in [0, 0.1) is 5.92 Å². The molecule has 0 radical (unpaired) electrons. The highest BCUT2D eigenvalue weighted by Gasteiger charge is 2.19. The second-order valence-corrected chi connectivity index (χ2v) is 9.30. The molecular formula is C29H34N2O. The molecule has 0 saturated carbocycles. The van der Waals surface area contributed by atoms with Gasteiger partial charge in [0.1, 0.15) is 0 Å². The number of nitrogens with zero attached hydrogens (tertiary/aromatic N) is 1. The minimum absolute atomic E-state index is 0.0497. The van der Waals surface area contributed by atoms with Crippen molar-refractivity contribution in [2.24, 2.45) is 5.92 Å². The van der Waals surface area contributed by atoms with E-state index in [9.17, 15) is 4.79 Å². The summed E-state index contributed by atoms with van der Waals surface area (Å²) in [5, 5.41) is 3.08. The highest BCUT2D eigenvalue weighted by molar-refractivity contribution is 6.04. The number of benzene rings is 3. The van der Waals surface area contributed by atoms with Gasteiger partial charge in [-0.3, -0.25) is 9.69 Å². The van der Waals surface area contributed by atoms with Crippen LogP contribution in [-0.4, -0.2) is 23.9 Å². The number of carbonyl (C=O) groups excluding carboxylic acids is 1. The fourth-order valence-corrected chi connectivity index (χ4v) is 4.62. The molecule has 3 aromatic carbocycles. The number of anilines is 1. The van der Waals surface area contributed by atoms with E-state index < -0.39 is 0 Å². The number of hydrogen-bond donors (Lipinski definition) is 1. The predicted molar refractivity (Wildman–Crippen MR) is 133 cm³/mol. The van der Waals surface area contributed by atoms with Gasteiger partial charge < -0.3 is 5.32 Å². The van der Waals surface area contributed by atoms with E-state index in [1.807, 2.05) is 30.3 Å². The first-order chi connectivity index (χ1) is 15.6. The summed E-state index contributed by atoms with van der Waals surface area (Å²) in [5.74, 6) is 1.10. The molecule has 1 heterocycles. The summed E-state index contributed by atoms with van der Waals surface area (Å²) in [5.41, 5.74) is 5.48. The van der Waals surface area contributed by atoms with Crippen LogP contribution in [0.4, 0.5) is 5.69 Å². The van der Waals surface area contributed by atoms with Gasteiger partial charge >= 0.3 is 0 Å². The lowest BCUT2D eigenvalue weighted by atomic mass is 9.90. The standard InChI is InChI=1S/C29H34N2O/c1-22(2)27-10-6-7-11-28(27)30-29(32)26-14-12-25(13-15-26)21-31-18-16-24(17-19-31)20-23-8-4-3-5-9-23/h3-15,22,24H,16-21H2,1-2H3,(H,30,32). The van der Waals surface area contributed by atoms with Gasteiger partial charge in [0.15, 0.2) is 0 Å². The lowest BCUT2D eigenvalue weighted by Crippen LogP contribution is -2.33. The van der Waals surface area contributed by atoms with Crippen LogP contribution in [0.15, 0.2) is 78.9 Å². The van der Waals surface area contributed by atoms with E-state index in [0.29, 0.717) is 11.5 Å². The molecule has 1 aliphatic rings. The average molecular weight is 427 g/mol. The smallest absolute Gasteiger partial charge is 0.255 e. The average Bonchev–Trinajstić information content (AvgIpc) is 2.82. The summed E-state index contributed by atoms with van der Waals surface area (Å²) in [4.78, 5) is 15.3. The van der Waals surface area contributed by atoms with Gasteiger partial charge in [0.2, 0.25) is 0 Å². The Morgan fingerprint density at radius 1 is 0.875 bits per heavy atom. The Labute approximate surface area is 192 Å². The highest BCUT2D eigenvalue weighted by Crippen LogP contribution is 2.25. The Balaban J connectivity index is 1.28. The molecule has 32 heavy (non-hydrogen) atoms. The first-order valence-electron chi connectivity index (χ1n) is 11.8. The van der Waals surface area contributed by atoms with Crippen LogP contribution in [0.2, 0.25) is 0 Å². The molecule has 1 N–H and O–H groups in total. The number of hydrogen-bond acceptors (Lipinski definition) is 2. The van der Waals surface area contributed by atoms with Crippen molar-refractivity contribution in [1.82, 2.24) is 4.90 Å². The maximum absolute atomic E-state index is 12.8. The third-order valence-electron chi connectivity index (χ3n) is 6.53. The summed E-state index contributed by atoms with van der Waals surface area (Å²) < 4.78 is 0. The Hall–Kier alpha value is -2.91. The van der Waals surface area contributed by atoms with E-state index in [4.69, 9.17) is 0 Å². The summed E-state index contributed by atoms with van der Waals surface area (Å²) in [6.07, 6.45) is 3.70. The molecular weight excluding hydrogens is 392 g/mol. The van der Waals surface area contributed by atoms with Crippen LogP contribution in [0.25, 0.3) is 0 Å². The van der Waals surface area contributed by atoms with Crippen LogP contribution in [0.3, 0.4) is 0 Å². The fourth-order valence-electron chi connectivity index (χ4n) is 4.62. The molecule has 1 saturated heterocycles. The molecule has 0 atom stereocenters. The Bertz CT molecular complexity index is 1000. The molecule has 0 bridgehead atoms. The maximum Gasteiger partial charge on any atom is 0.255 e. The number of carbonyl (C=O) groups is 1. The van der Waals surface area contributed by atoms with Gasteiger partial charge in [-0.15, -0.1) is 0 Å². The van der Waals surface area contributed by atoms with Gasteiger partial charge in [-0.05, 0) is 79.1 Å². The zero-order chi connectivity index (χ0) is 22.3. The van der Waals surface area contributed by atoms with Crippen molar-refractivity contribution in [3.8, 4) is 0 Å². The molecule has 3 nitrogen and oxygen atoms in total. The van der Waals surface area contributed by atoms with Crippen molar-refractivity contribution >= 4 is 11.6 Å². The predicted octanol–water partition coefficient (Wildman–Crippen LogP) is 6.52. The summed E-state index contributed by atoms with van der Waals surface area (Å²) in [6.45, 7) is 7.53. The van der Waals surface area contributed by atoms with Crippen molar-refractivity contribution in [1.29, 1.82) is 0 Å². The molecule has 3 aromatic rings. The normalized spacial score (nSPS) is 15.1. The topological polar surface area (TPSA) is 32.3 Å². The number of piperidine rings is 1. The quantitative estimate of drug-likeness (QED) is 0.467. The van der Waals surface area contributed by atoms with Crippen LogP contribution >= 0.6 is 0 Å². The van der Waals surface area contributed by atoms with Crippen LogP contribution < -0.4 is 5.32 Å². The SMILES string of the molecule is CC(C)c1ccccc1NC(=O)c1ccc(CN2CCC(Cc3ccccc3)CC2)cc1. The number of nitrogens with one attached hydrogen (secondary N) is 1. The third kappa shape index (κ3) is 5.86. The zero-order valence-corrected chi connectivity index (χ0v) is 19.3. The highest BCUT2D eigenvalue weighted by atomic mass is 16.1.